The largest absolute Gasteiger partial charge is 0.454 e. The number of hydrogen-bond acceptors (Lipinski definition) is 5. The number of thioether (sulfide) groups is 1. The van der Waals surface area contributed by atoms with Crippen LogP contribution in [0.25, 0.3) is 6.08 Å². The van der Waals surface area contributed by atoms with E-state index in [1.165, 1.54) is 10.5 Å². The van der Waals surface area contributed by atoms with Gasteiger partial charge in [-0.1, -0.05) is 56.6 Å². The predicted molar refractivity (Wildman–Crippen MR) is 114 cm³/mol. The number of carbonyl (C=O) groups is 2. The van der Waals surface area contributed by atoms with Crippen molar-refractivity contribution in [1.29, 1.82) is 0 Å². The van der Waals surface area contributed by atoms with Gasteiger partial charge in [0, 0.05) is 11.1 Å². The van der Waals surface area contributed by atoms with E-state index in [2.05, 4.69) is 20.8 Å². The lowest BCUT2D eigenvalue weighted by atomic mass is 9.87. The number of rotatable bonds is 3. The maximum atomic E-state index is 12.8. The highest BCUT2D eigenvalue weighted by atomic mass is 35.5. The Balaban J connectivity index is 1.54. The lowest BCUT2D eigenvalue weighted by molar-refractivity contribution is -0.123. The molecule has 29 heavy (non-hydrogen) atoms. The molecule has 0 aliphatic carbocycles. The van der Waals surface area contributed by atoms with Crippen molar-refractivity contribution in [3.05, 3.63) is 63.0 Å². The summed E-state index contributed by atoms with van der Waals surface area (Å²) in [4.78, 5) is 26.9. The van der Waals surface area contributed by atoms with Crippen LogP contribution in [0.2, 0.25) is 5.02 Å². The third-order valence-corrected chi connectivity index (χ3v) is 6.08. The van der Waals surface area contributed by atoms with E-state index in [-0.39, 0.29) is 29.9 Å². The summed E-state index contributed by atoms with van der Waals surface area (Å²) in [5.41, 5.74) is 2.78. The fourth-order valence-electron chi connectivity index (χ4n) is 3.12. The Morgan fingerprint density at radius 1 is 1.10 bits per heavy atom. The van der Waals surface area contributed by atoms with E-state index in [0.717, 1.165) is 17.3 Å². The fourth-order valence-corrected chi connectivity index (χ4v) is 4.17. The highest BCUT2D eigenvalue weighted by Crippen LogP contribution is 2.39. The van der Waals surface area contributed by atoms with Crippen molar-refractivity contribution in [2.24, 2.45) is 0 Å². The number of fused-ring (bicyclic) bond motifs is 1. The number of imide groups is 1. The van der Waals surface area contributed by atoms with Crippen LogP contribution in [-0.4, -0.2) is 22.8 Å². The molecular weight excluding hydrogens is 410 g/mol. The van der Waals surface area contributed by atoms with Gasteiger partial charge in [-0.05, 0) is 46.0 Å². The molecule has 2 aromatic rings. The van der Waals surface area contributed by atoms with E-state index in [1.807, 2.05) is 24.3 Å². The summed E-state index contributed by atoms with van der Waals surface area (Å²) in [6.45, 7) is 6.66. The first-order chi connectivity index (χ1) is 13.7. The molecule has 2 aromatic carbocycles. The molecule has 4 rings (SSSR count). The van der Waals surface area contributed by atoms with Gasteiger partial charge in [0.05, 0.1) is 11.4 Å². The average Bonchev–Trinajstić information content (AvgIpc) is 3.21. The molecule has 0 atom stereocenters. The third kappa shape index (κ3) is 4.00. The Kier molecular flexibility index (Phi) is 5.09. The molecule has 0 unspecified atom stereocenters. The number of ether oxygens (including phenoxy) is 2. The molecule has 150 valence electrons. The van der Waals surface area contributed by atoms with Gasteiger partial charge < -0.3 is 9.47 Å². The van der Waals surface area contributed by atoms with Gasteiger partial charge in [-0.2, -0.15) is 0 Å². The molecule has 0 aromatic heterocycles. The van der Waals surface area contributed by atoms with Crippen molar-refractivity contribution in [3.8, 4) is 11.5 Å². The van der Waals surface area contributed by atoms with Crippen LogP contribution < -0.4 is 9.47 Å². The molecule has 0 N–H and O–H groups in total. The molecule has 1 fully saturated rings. The van der Waals surface area contributed by atoms with Gasteiger partial charge in [0.15, 0.2) is 11.5 Å². The Morgan fingerprint density at radius 2 is 1.76 bits per heavy atom. The summed E-state index contributed by atoms with van der Waals surface area (Å²) in [6, 6.07) is 11.4. The van der Waals surface area contributed by atoms with E-state index < -0.39 is 0 Å². The van der Waals surface area contributed by atoms with Gasteiger partial charge in [-0.3, -0.25) is 14.5 Å². The normalized spacial score (nSPS) is 17.5. The molecular formula is C22H20ClNO4S. The minimum Gasteiger partial charge on any atom is -0.454 e. The summed E-state index contributed by atoms with van der Waals surface area (Å²) < 4.78 is 10.7. The van der Waals surface area contributed by atoms with Crippen LogP contribution in [0.5, 0.6) is 11.5 Å². The zero-order chi connectivity index (χ0) is 20.8. The molecule has 7 heteroatoms. The average molecular weight is 430 g/mol. The monoisotopic (exact) mass is 429 g/mol. The van der Waals surface area contributed by atoms with Crippen LogP contribution in [0, 0.1) is 0 Å². The van der Waals surface area contributed by atoms with E-state index in [4.69, 9.17) is 21.1 Å². The Morgan fingerprint density at radius 3 is 2.41 bits per heavy atom. The maximum Gasteiger partial charge on any atom is 0.293 e. The number of nitrogens with zero attached hydrogens (tertiary/aromatic N) is 1. The third-order valence-electron chi connectivity index (χ3n) is 4.82. The zero-order valence-corrected chi connectivity index (χ0v) is 17.9. The molecule has 1 saturated heterocycles. The van der Waals surface area contributed by atoms with Crippen LogP contribution >= 0.6 is 23.4 Å². The minimum absolute atomic E-state index is 0.0558. The first-order valence-corrected chi connectivity index (χ1v) is 10.4. The first-order valence-electron chi connectivity index (χ1n) is 9.16. The lowest BCUT2D eigenvalue weighted by Gasteiger charge is -2.18. The highest BCUT2D eigenvalue weighted by Gasteiger charge is 2.35. The fraction of sp³-hybridized carbons (Fsp3) is 0.273. The van der Waals surface area contributed by atoms with Crippen molar-refractivity contribution >= 4 is 40.6 Å². The van der Waals surface area contributed by atoms with Crippen molar-refractivity contribution < 1.29 is 19.1 Å². The van der Waals surface area contributed by atoms with Gasteiger partial charge in [-0.25, -0.2) is 0 Å². The smallest absolute Gasteiger partial charge is 0.293 e. The molecule has 2 heterocycles. The highest BCUT2D eigenvalue weighted by molar-refractivity contribution is 8.18. The summed E-state index contributed by atoms with van der Waals surface area (Å²) >= 11 is 7.23. The SMILES string of the molecule is CC(C)(C)c1ccc(/C=C2\SC(=O)N(Cc3cc4c(cc3Cl)OCO4)C2=O)cc1. The van der Waals surface area contributed by atoms with E-state index in [1.54, 1.807) is 18.2 Å². The summed E-state index contributed by atoms with van der Waals surface area (Å²) in [7, 11) is 0. The van der Waals surface area contributed by atoms with Gasteiger partial charge in [0.2, 0.25) is 6.79 Å². The van der Waals surface area contributed by atoms with Crippen LogP contribution in [-0.2, 0) is 16.8 Å². The van der Waals surface area contributed by atoms with Crippen molar-refractivity contribution in [3.63, 3.8) is 0 Å². The Hall–Kier alpha value is -2.44. The molecule has 0 spiro atoms. The quantitative estimate of drug-likeness (QED) is 0.594. The van der Waals surface area contributed by atoms with Crippen LogP contribution in [0.4, 0.5) is 4.79 Å². The standard InChI is InChI=1S/C22H20ClNO4S/c1-22(2,3)15-6-4-13(5-7-15)8-19-20(25)24(21(26)29-19)11-14-9-17-18(10-16(14)23)28-12-27-17/h4-10H,11-12H2,1-3H3/b19-8-. The molecule has 0 bridgehead atoms. The second-order valence-electron chi connectivity index (χ2n) is 7.94. The Labute approximate surface area is 178 Å². The number of carbonyl (C=O) groups excluding carboxylic acids is 2. The molecule has 2 amide bonds. The van der Waals surface area contributed by atoms with Crippen molar-refractivity contribution in [2.75, 3.05) is 6.79 Å². The summed E-state index contributed by atoms with van der Waals surface area (Å²) in [5.74, 6) is 0.797. The van der Waals surface area contributed by atoms with Gasteiger partial charge in [0.1, 0.15) is 0 Å². The minimum atomic E-state index is -0.325. The van der Waals surface area contributed by atoms with Crippen LogP contribution in [0.15, 0.2) is 41.3 Å². The number of halogens is 1. The van der Waals surface area contributed by atoms with Crippen molar-refractivity contribution in [2.45, 2.75) is 32.7 Å². The molecule has 2 aliphatic heterocycles. The predicted octanol–water partition coefficient (Wildman–Crippen LogP) is 5.60. The first kappa shape index (κ1) is 19.9. The van der Waals surface area contributed by atoms with Crippen LogP contribution in [0.3, 0.4) is 0 Å². The number of hydrogen-bond donors (Lipinski definition) is 0. The zero-order valence-electron chi connectivity index (χ0n) is 16.3. The molecule has 0 saturated carbocycles. The summed E-state index contributed by atoms with van der Waals surface area (Å²) in [5, 5.41) is 0.108. The van der Waals surface area contributed by atoms with Gasteiger partial charge in [0.25, 0.3) is 11.1 Å². The molecule has 2 aliphatic rings. The lowest BCUT2D eigenvalue weighted by Crippen LogP contribution is -2.27. The van der Waals surface area contributed by atoms with E-state index in [0.29, 0.717) is 27.0 Å². The van der Waals surface area contributed by atoms with Gasteiger partial charge >= 0.3 is 0 Å². The van der Waals surface area contributed by atoms with Crippen molar-refractivity contribution in [1.82, 2.24) is 4.90 Å². The maximum absolute atomic E-state index is 12.8. The topological polar surface area (TPSA) is 55.8 Å². The second-order valence-corrected chi connectivity index (χ2v) is 9.34. The Bertz CT molecular complexity index is 1020. The van der Waals surface area contributed by atoms with Crippen LogP contribution in [0.1, 0.15) is 37.5 Å². The number of amides is 2. The molecule has 5 nitrogen and oxygen atoms in total. The van der Waals surface area contributed by atoms with E-state index >= 15 is 0 Å². The second kappa shape index (κ2) is 7.43. The molecule has 0 radical (unpaired) electrons. The summed E-state index contributed by atoms with van der Waals surface area (Å²) in [6.07, 6.45) is 1.75. The van der Waals surface area contributed by atoms with Gasteiger partial charge in [-0.15, -0.1) is 0 Å². The van der Waals surface area contributed by atoms with E-state index in [9.17, 15) is 9.59 Å². The number of benzene rings is 2.